The van der Waals surface area contributed by atoms with Gasteiger partial charge in [-0.2, -0.15) is 5.10 Å². The number of rotatable bonds is 5. The lowest BCUT2D eigenvalue weighted by molar-refractivity contribution is 0.706. The van der Waals surface area contributed by atoms with Crippen molar-refractivity contribution in [3.8, 4) is 0 Å². The molecule has 0 atom stereocenters. The minimum atomic E-state index is 0.380. The van der Waals surface area contributed by atoms with Gasteiger partial charge in [0.15, 0.2) is 0 Å². The molecule has 3 N–H and O–H groups in total. The van der Waals surface area contributed by atoms with Gasteiger partial charge in [-0.25, -0.2) is 0 Å². The molecule has 0 saturated heterocycles. The van der Waals surface area contributed by atoms with Gasteiger partial charge in [0.25, 0.3) is 0 Å². The first-order chi connectivity index (χ1) is 7.59. The van der Waals surface area contributed by atoms with Crippen molar-refractivity contribution in [1.29, 1.82) is 0 Å². The highest BCUT2D eigenvalue weighted by atomic mass is 15.3. The summed E-state index contributed by atoms with van der Waals surface area (Å²) >= 11 is 0. The van der Waals surface area contributed by atoms with Gasteiger partial charge in [0, 0.05) is 13.6 Å². The SMILES string of the molecule is CC(C)c1nn(C)c(NCCC2CC2)c1N. The first-order valence-corrected chi connectivity index (χ1v) is 6.15. The van der Waals surface area contributed by atoms with Crippen LogP contribution >= 0.6 is 0 Å². The average Bonchev–Trinajstić information content (AvgIpc) is 2.98. The summed E-state index contributed by atoms with van der Waals surface area (Å²) in [5.74, 6) is 2.31. The van der Waals surface area contributed by atoms with Crippen LogP contribution in [-0.4, -0.2) is 16.3 Å². The highest BCUT2D eigenvalue weighted by Gasteiger charge is 2.21. The van der Waals surface area contributed by atoms with E-state index in [2.05, 4.69) is 24.3 Å². The lowest BCUT2D eigenvalue weighted by Crippen LogP contribution is -2.08. The van der Waals surface area contributed by atoms with Crippen LogP contribution in [0.5, 0.6) is 0 Å². The predicted octanol–water partition coefficient (Wildman–Crippen LogP) is 2.34. The summed E-state index contributed by atoms with van der Waals surface area (Å²) in [4.78, 5) is 0. The highest BCUT2D eigenvalue weighted by molar-refractivity contribution is 5.65. The molecule has 4 heteroatoms. The molecule has 0 amide bonds. The highest BCUT2D eigenvalue weighted by Crippen LogP contribution is 2.33. The van der Waals surface area contributed by atoms with Crippen LogP contribution in [0.4, 0.5) is 11.5 Å². The molecule has 1 aromatic rings. The number of aryl methyl sites for hydroxylation is 1. The summed E-state index contributed by atoms with van der Waals surface area (Å²) in [7, 11) is 1.95. The van der Waals surface area contributed by atoms with Crippen molar-refractivity contribution < 1.29 is 0 Å². The molecular weight excluding hydrogens is 200 g/mol. The first kappa shape index (κ1) is 11.3. The van der Waals surface area contributed by atoms with E-state index in [0.717, 1.165) is 29.7 Å². The second-order valence-electron chi connectivity index (χ2n) is 5.08. The van der Waals surface area contributed by atoms with Crippen LogP contribution in [0.25, 0.3) is 0 Å². The fourth-order valence-corrected chi connectivity index (χ4v) is 2.00. The number of nitrogens with two attached hydrogens (primary N) is 1. The molecule has 0 spiro atoms. The summed E-state index contributed by atoms with van der Waals surface area (Å²) in [6.07, 6.45) is 4.06. The van der Waals surface area contributed by atoms with Gasteiger partial charge in [0.2, 0.25) is 0 Å². The normalized spacial score (nSPS) is 15.8. The van der Waals surface area contributed by atoms with Crippen LogP contribution < -0.4 is 11.1 Å². The van der Waals surface area contributed by atoms with Crippen LogP contribution in [0.15, 0.2) is 0 Å². The number of anilines is 2. The molecule has 0 aromatic carbocycles. The third-order valence-corrected chi connectivity index (χ3v) is 3.20. The number of nitrogen functional groups attached to an aromatic ring is 1. The lowest BCUT2D eigenvalue weighted by Gasteiger charge is -2.07. The van der Waals surface area contributed by atoms with Crippen molar-refractivity contribution in [1.82, 2.24) is 9.78 Å². The third-order valence-electron chi connectivity index (χ3n) is 3.20. The largest absolute Gasteiger partial charge is 0.394 e. The van der Waals surface area contributed by atoms with Gasteiger partial charge >= 0.3 is 0 Å². The van der Waals surface area contributed by atoms with E-state index in [4.69, 9.17) is 5.73 Å². The molecule has 0 bridgehead atoms. The second kappa shape index (κ2) is 4.36. The molecule has 0 unspecified atom stereocenters. The number of aromatic nitrogens is 2. The number of hydrogen-bond donors (Lipinski definition) is 2. The van der Waals surface area contributed by atoms with Crippen LogP contribution in [0.1, 0.15) is 44.7 Å². The van der Waals surface area contributed by atoms with Gasteiger partial charge < -0.3 is 11.1 Å². The molecule has 90 valence electrons. The molecule has 1 saturated carbocycles. The summed E-state index contributed by atoms with van der Waals surface area (Å²) in [6.45, 7) is 5.24. The first-order valence-electron chi connectivity index (χ1n) is 6.15. The third kappa shape index (κ3) is 2.31. The minimum Gasteiger partial charge on any atom is -0.394 e. The minimum absolute atomic E-state index is 0.380. The molecule has 2 rings (SSSR count). The molecule has 1 fully saturated rings. The zero-order valence-electron chi connectivity index (χ0n) is 10.5. The molecular formula is C12H22N4. The molecule has 1 aliphatic carbocycles. The quantitative estimate of drug-likeness (QED) is 0.804. The van der Waals surface area contributed by atoms with E-state index >= 15 is 0 Å². The van der Waals surface area contributed by atoms with E-state index in [0.29, 0.717) is 5.92 Å². The molecule has 0 radical (unpaired) electrons. The standard InChI is InChI=1S/C12H22N4/c1-8(2)11-10(13)12(16(3)15-11)14-7-6-9-4-5-9/h8-9,14H,4-7,13H2,1-3H3. The Morgan fingerprint density at radius 3 is 2.69 bits per heavy atom. The fraction of sp³-hybridized carbons (Fsp3) is 0.750. The summed E-state index contributed by atoms with van der Waals surface area (Å²) in [5.41, 5.74) is 7.90. The van der Waals surface area contributed by atoms with Gasteiger partial charge in [-0.3, -0.25) is 4.68 Å². The van der Waals surface area contributed by atoms with Gasteiger partial charge in [0.1, 0.15) is 5.82 Å². The number of hydrogen-bond acceptors (Lipinski definition) is 3. The van der Waals surface area contributed by atoms with E-state index in [9.17, 15) is 0 Å². The smallest absolute Gasteiger partial charge is 0.147 e. The number of nitrogens with zero attached hydrogens (tertiary/aromatic N) is 2. The van der Waals surface area contributed by atoms with E-state index in [1.54, 1.807) is 0 Å². The molecule has 16 heavy (non-hydrogen) atoms. The van der Waals surface area contributed by atoms with Crippen LogP contribution in [-0.2, 0) is 7.05 Å². The lowest BCUT2D eigenvalue weighted by atomic mass is 10.1. The van der Waals surface area contributed by atoms with E-state index in [-0.39, 0.29) is 0 Å². The van der Waals surface area contributed by atoms with Crippen molar-refractivity contribution in [2.45, 2.75) is 39.0 Å². The zero-order valence-corrected chi connectivity index (χ0v) is 10.5. The predicted molar refractivity (Wildman–Crippen MR) is 67.5 cm³/mol. The maximum Gasteiger partial charge on any atom is 0.147 e. The Labute approximate surface area is 97.2 Å². The van der Waals surface area contributed by atoms with E-state index in [1.807, 2.05) is 11.7 Å². The average molecular weight is 222 g/mol. The summed E-state index contributed by atoms with van der Waals surface area (Å²) in [6, 6.07) is 0. The van der Waals surface area contributed by atoms with E-state index < -0.39 is 0 Å². The Morgan fingerprint density at radius 2 is 2.19 bits per heavy atom. The summed E-state index contributed by atoms with van der Waals surface area (Å²) < 4.78 is 1.86. The van der Waals surface area contributed by atoms with Crippen molar-refractivity contribution in [2.75, 3.05) is 17.6 Å². The maximum absolute atomic E-state index is 6.09. The van der Waals surface area contributed by atoms with Gasteiger partial charge in [-0.05, 0) is 18.3 Å². The Kier molecular flexibility index (Phi) is 3.08. The van der Waals surface area contributed by atoms with Gasteiger partial charge in [-0.15, -0.1) is 0 Å². The molecule has 4 nitrogen and oxygen atoms in total. The maximum atomic E-state index is 6.09. The molecule has 1 aromatic heterocycles. The molecule has 0 aliphatic heterocycles. The van der Waals surface area contributed by atoms with Crippen molar-refractivity contribution >= 4 is 11.5 Å². The van der Waals surface area contributed by atoms with Gasteiger partial charge in [0.05, 0.1) is 11.4 Å². The second-order valence-corrected chi connectivity index (χ2v) is 5.08. The fourth-order valence-electron chi connectivity index (χ4n) is 2.00. The van der Waals surface area contributed by atoms with Crippen LogP contribution in [0.2, 0.25) is 0 Å². The molecule has 1 aliphatic rings. The number of nitrogens with one attached hydrogen (secondary N) is 1. The van der Waals surface area contributed by atoms with E-state index in [1.165, 1.54) is 19.3 Å². The topological polar surface area (TPSA) is 55.9 Å². The van der Waals surface area contributed by atoms with Crippen molar-refractivity contribution in [3.05, 3.63) is 5.69 Å². The molecule has 1 heterocycles. The summed E-state index contributed by atoms with van der Waals surface area (Å²) in [5, 5.41) is 7.86. The van der Waals surface area contributed by atoms with Crippen molar-refractivity contribution in [2.24, 2.45) is 13.0 Å². The van der Waals surface area contributed by atoms with Crippen LogP contribution in [0.3, 0.4) is 0 Å². The Morgan fingerprint density at radius 1 is 1.50 bits per heavy atom. The Hall–Kier alpha value is -1.19. The van der Waals surface area contributed by atoms with Crippen LogP contribution in [0, 0.1) is 5.92 Å². The van der Waals surface area contributed by atoms with Crippen molar-refractivity contribution in [3.63, 3.8) is 0 Å². The monoisotopic (exact) mass is 222 g/mol. The van der Waals surface area contributed by atoms with Gasteiger partial charge in [-0.1, -0.05) is 26.7 Å². The zero-order chi connectivity index (χ0) is 11.7. The Balaban J connectivity index is 2.00. The Bertz CT molecular complexity index is 363.